The van der Waals surface area contributed by atoms with Gasteiger partial charge in [-0.05, 0) is 75.4 Å². The van der Waals surface area contributed by atoms with Crippen LogP contribution in [0.2, 0.25) is 0 Å². The number of sulfonamides is 1. The second-order valence-electron chi connectivity index (χ2n) is 11.4. The number of alkyl halides is 3. The maximum Gasteiger partial charge on any atom is 0.416 e. The van der Waals surface area contributed by atoms with E-state index >= 15 is 0 Å². The van der Waals surface area contributed by atoms with Crippen LogP contribution in [0.5, 0.6) is 0 Å². The second kappa shape index (κ2) is 12.8. The zero-order valence-electron chi connectivity index (χ0n) is 24.5. The quantitative estimate of drug-likeness (QED) is 0.220. The van der Waals surface area contributed by atoms with E-state index in [1.807, 2.05) is 4.90 Å². The van der Waals surface area contributed by atoms with Crippen LogP contribution in [0, 0.1) is 0 Å². The first-order valence-corrected chi connectivity index (χ1v) is 16.1. The number of likely N-dealkylation sites (tertiary alicyclic amines) is 2. The molecule has 0 atom stereocenters. The summed E-state index contributed by atoms with van der Waals surface area (Å²) in [6.07, 6.45) is 1.61. The van der Waals surface area contributed by atoms with Crippen LogP contribution in [-0.2, 0) is 34.0 Å². The van der Waals surface area contributed by atoms with Crippen LogP contribution < -0.4 is 5.73 Å². The smallest absolute Gasteiger partial charge is 0.390 e. The van der Waals surface area contributed by atoms with Gasteiger partial charge in [0.2, 0.25) is 10.0 Å². The minimum Gasteiger partial charge on any atom is -0.390 e. The van der Waals surface area contributed by atoms with Gasteiger partial charge in [0.25, 0.3) is 5.91 Å². The van der Waals surface area contributed by atoms with E-state index < -0.39 is 21.8 Å². The molecular weight excluding hydrogens is 569 g/mol. The maximum atomic E-state index is 13.6. The Morgan fingerprint density at radius 1 is 1.07 bits per heavy atom. The van der Waals surface area contributed by atoms with E-state index in [4.69, 9.17) is 5.73 Å². The highest BCUT2D eigenvalue weighted by atomic mass is 32.2. The van der Waals surface area contributed by atoms with Crippen LogP contribution in [0.1, 0.15) is 49.3 Å². The van der Waals surface area contributed by atoms with Crippen molar-refractivity contribution in [1.82, 2.24) is 19.0 Å². The van der Waals surface area contributed by atoms with E-state index in [0.29, 0.717) is 48.9 Å². The van der Waals surface area contributed by atoms with Crippen LogP contribution in [0.3, 0.4) is 0 Å². The highest BCUT2D eigenvalue weighted by molar-refractivity contribution is 7.88. The number of halogens is 3. The van der Waals surface area contributed by atoms with Crippen molar-refractivity contribution in [2.45, 2.75) is 63.8 Å². The Morgan fingerprint density at radius 3 is 2.29 bits per heavy atom. The molecule has 0 bridgehead atoms. The van der Waals surface area contributed by atoms with Crippen molar-refractivity contribution in [1.29, 1.82) is 0 Å². The fourth-order valence-corrected chi connectivity index (χ4v) is 6.95. The van der Waals surface area contributed by atoms with E-state index in [2.05, 4.69) is 16.5 Å². The summed E-state index contributed by atoms with van der Waals surface area (Å²) < 4.78 is 65.1. The normalized spacial score (nSPS) is 20.6. The summed E-state index contributed by atoms with van der Waals surface area (Å²) in [6.45, 7) is 9.46. The Balaban J connectivity index is 1.39. The lowest BCUT2D eigenvalue weighted by Crippen LogP contribution is -2.52. The average Bonchev–Trinajstić information content (AvgIpc) is 2.97. The van der Waals surface area contributed by atoms with Gasteiger partial charge in [0.15, 0.2) is 0 Å². The number of nitrogens with two attached hydrogens (primary N) is 1. The van der Waals surface area contributed by atoms with E-state index in [1.165, 1.54) is 22.7 Å². The largest absolute Gasteiger partial charge is 0.416 e. The lowest BCUT2D eigenvalue weighted by atomic mass is 9.96. The maximum absolute atomic E-state index is 13.6. The molecule has 3 aliphatic heterocycles. The molecule has 4 rings (SSSR count). The Labute approximate surface area is 246 Å². The van der Waals surface area contributed by atoms with Gasteiger partial charge in [-0.2, -0.15) is 13.2 Å². The molecule has 0 spiro atoms. The Bertz CT molecular complexity index is 1340. The van der Waals surface area contributed by atoms with Gasteiger partial charge in [-0.3, -0.25) is 4.79 Å². The van der Waals surface area contributed by atoms with Crippen LogP contribution in [0.15, 0.2) is 46.7 Å². The fraction of sp³-hybridized carbons (Fsp3) is 0.586. The average molecular weight is 611 g/mol. The number of allylic oxidation sites excluding steroid dienone is 1. The third-order valence-electron chi connectivity index (χ3n) is 8.93. The minimum absolute atomic E-state index is 0.0101. The number of rotatable bonds is 7. The number of amides is 1. The van der Waals surface area contributed by atoms with Gasteiger partial charge in [-0.1, -0.05) is 12.6 Å². The van der Waals surface area contributed by atoms with Crippen molar-refractivity contribution in [2.75, 3.05) is 46.0 Å². The van der Waals surface area contributed by atoms with E-state index in [1.54, 1.807) is 18.9 Å². The Morgan fingerprint density at radius 2 is 1.71 bits per heavy atom. The number of nitrogens with zero attached hydrogens (tertiary/aromatic N) is 5. The molecule has 2 fully saturated rings. The van der Waals surface area contributed by atoms with Gasteiger partial charge in [0.05, 0.1) is 18.2 Å². The van der Waals surface area contributed by atoms with Gasteiger partial charge in [0.1, 0.15) is 5.70 Å². The van der Waals surface area contributed by atoms with Gasteiger partial charge < -0.3 is 20.4 Å². The summed E-state index contributed by atoms with van der Waals surface area (Å²) in [4.78, 5) is 23.8. The molecular formula is C29H41F3N6O3S. The number of aliphatic imine (C=N–C) groups is 1. The molecule has 1 aromatic carbocycles. The summed E-state index contributed by atoms with van der Waals surface area (Å²) in [6, 6.07) is 4.17. The van der Waals surface area contributed by atoms with Crippen molar-refractivity contribution >= 4 is 22.3 Å². The molecule has 0 radical (unpaired) electrons. The zero-order valence-corrected chi connectivity index (χ0v) is 25.3. The molecule has 1 aromatic rings. The predicted molar refractivity (Wildman–Crippen MR) is 157 cm³/mol. The molecule has 232 valence electrons. The van der Waals surface area contributed by atoms with Gasteiger partial charge in [-0.15, -0.1) is 0 Å². The number of piperidine rings is 2. The summed E-state index contributed by atoms with van der Waals surface area (Å²) in [5, 5.41) is 0. The number of carbonyl (C=O) groups is 1. The topological polar surface area (TPSA) is 103 Å². The molecule has 1 amide bonds. The van der Waals surface area contributed by atoms with Crippen molar-refractivity contribution in [3.63, 3.8) is 0 Å². The summed E-state index contributed by atoms with van der Waals surface area (Å²) in [7, 11) is -1.58. The van der Waals surface area contributed by atoms with Crippen molar-refractivity contribution in [3.8, 4) is 0 Å². The third kappa shape index (κ3) is 7.17. The lowest BCUT2D eigenvalue weighted by Gasteiger charge is -2.43. The molecule has 13 heteroatoms. The molecule has 0 unspecified atom stereocenters. The van der Waals surface area contributed by atoms with Crippen molar-refractivity contribution < 1.29 is 26.4 Å². The summed E-state index contributed by atoms with van der Waals surface area (Å²) in [5.74, 6) is -0.251. The monoisotopic (exact) mass is 610 g/mol. The number of hydrogen-bond acceptors (Lipinski definition) is 6. The summed E-state index contributed by atoms with van der Waals surface area (Å²) in [5.41, 5.74) is 7.65. The number of hydrogen-bond donors (Lipinski definition) is 1. The van der Waals surface area contributed by atoms with E-state index in [9.17, 15) is 26.4 Å². The van der Waals surface area contributed by atoms with Gasteiger partial charge in [0, 0.05) is 56.6 Å². The molecule has 2 N–H and O–H groups in total. The Kier molecular flexibility index (Phi) is 9.73. The number of fused-ring (bicyclic) bond motifs is 1. The molecule has 0 saturated carbocycles. The first-order chi connectivity index (χ1) is 19.7. The van der Waals surface area contributed by atoms with Gasteiger partial charge >= 0.3 is 6.18 Å². The number of carbonyl (C=O) groups excluding carboxylic acids is 1. The van der Waals surface area contributed by atoms with E-state index in [0.717, 1.165) is 56.7 Å². The molecule has 3 aliphatic rings. The summed E-state index contributed by atoms with van der Waals surface area (Å²) >= 11 is 0. The van der Waals surface area contributed by atoms with Crippen LogP contribution in [0.4, 0.5) is 13.2 Å². The molecule has 0 aromatic heterocycles. The highest BCUT2D eigenvalue weighted by Gasteiger charge is 2.34. The Hall–Kier alpha value is -2.90. The molecule has 0 aliphatic carbocycles. The molecule has 3 heterocycles. The highest BCUT2D eigenvalue weighted by Crippen LogP contribution is 2.34. The van der Waals surface area contributed by atoms with Crippen molar-refractivity contribution in [3.05, 3.63) is 58.4 Å². The predicted octanol–water partition coefficient (Wildman–Crippen LogP) is 3.19. The molecule has 42 heavy (non-hydrogen) atoms. The second-order valence-corrected chi connectivity index (χ2v) is 13.5. The third-order valence-corrected chi connectivity index (χ3v) is 10.3. The van der Waals surface area contributed by atoms with Crippen LogP contribution in [0.25, 0.3) is 0 Å². The fourth-order valence-electron chi connectivity index (χ4n) is 6.19. The standard InChI is InChI=1S/C29H41F3N6O3S/c1-20(21(2)38-12-7-22-5-6-24(29(30,31)32)17-23(22)18-38)27(34-19-33)28(39)37-15-10-26(11-16-37)36-13-8-25(9-14-36)35(3)42(4,40)41/h5-6,17,19,25-26H,2,7-16,18H2,1,3-4H3,(H2,33,34)/b27-20-. The zero-order chi connectivity index (χ0) is 30.8. The number of benzene rings is 1. The molecule has 2 saturated heterocycles. The van der Waals surface area contributed by atoms with E-state index in [-0.39, 0.29) is 24.2 Å². The first kappa shape index (κ1) is 32.0. The lowest BCUT2D eigenvalue weighted by molar-refractivity contribution is -0.137. The van der Waals surface area contributed by atoms with Crippen LogP contribution >= 0.6 is 0 Å². The van der Waals surface area contributed by atoms with Gasteiger partial charge in [-0.25, -0.2) is 17.7 Å². The first-order valence-electron chi connectivity index (χ1n) is 14.3. The minimum atomic E-state index is -4.42. The molecule has 9 nitrogen and oxygen atoms in total. The SMILES string of the molecule is C=C(/C(C)=C(\N=C/N)C(=O)N1CCC(N2CCC(N(C)S(C)(=O)=O)CC2)CC1)N1CCc2ccc(C(F)(F)F)cc2C1. The van der Waals surface area contributed by atoms with Crippen LogP contribution in [-0.4, -0.2) is 97.8 Å². The van der Waals surface area contributed by atoms with Crippen molar-refractivity contribution in [2.24, 2.45) is 10.7 Å².